The highest BCUT2D eigenvalue weighted by Gasteiger charge is 2.29. The van der Waals surface area contributed by atoms with E-state index in [2.05, 4.69) is 12.1 Å². The average Bonchev–Trinajstić information content (AvgIpc) is 2.59. The van der Waals surface area contributed by atoms with E-state index in [9.17, 15) is 0 Å². The van der Waals surface area contributed by atoms with Gasteiger partial charge in [0.05, 0.1) is 5.69 Å². The summed E-state index contributed by atoms with van der Waals surface area (Å²) in [6, 6.07) is 0. The molecule has 2 atom stereocenters. The molecule has 0 radical (unpaired) electrons. The minimum absolute atomic E-state index is 0.534. The lowest BCUT2D eigenvalue weighted by Gasteiger charge is -2.26. The molecule has 14 heavy (non-hydrogen) atoms. The quantitative estimate of drug-likeness (QED) is 0.783. The second kappa shape index (κ2) is 3.73. The van der Waals surface area contributed by atoms with E-state index in [1.165, 1.54) is 18.4 Å². The third-order valence-electron chi connectivity index (χ3n) is 3.33. The molecule has 1 aromatic heterocycles. The average molecular weight is 194 g/mol. The van der Waals surface area contributed by atoms with Crippen molar-refractivity contribution in [3.63, 3.8) is 0 Å². The van der Waals surface area contributed by atoms with Crippen LogP contribution in [0.1, 0.15) is 42.7 Å². The Hall–Kier alpha value is -0.830. The summed E-state index contributed by atoms with van der Waals surface area (Å²) in [7, 11) is 0. The van der Waals surface area contributed by atoms with Crippen LogP contribution in [0.3, 0.4) is 0 Å². The normalized spacial score (nSPS) is 23.2. The van der Waals surface area contributed by atoms with Gasteiger partial charge in [0.15, 0.2) is 0 Å². The number of hydrogen-bond donors (Lipinski definition) is 1. The molecule has 1 aliphatic carbocycles. The lowest BCUT2D eigenvalue weighted by atomic mass is 9.78. The van der Waals surface area contributed by atoms with Gasteiger partial charge in [-0.05, 0) is 38.1 Å². The fourth-order valence-electron chi connectivity index (χ4n) is 2.44. The van der Waals surface area contributed by atoms with E-state index in [0.717, 1.165) is 24.4 Å². The van der Waals surface area contributed by atoms with Gasteiger partial charge in [-0.3, -0.25) is 0 Å². The van der Waals surface area contributed by atoms with Crippen molar-refractivity contribution in [2.75, 3.05) is 6.54 Å². The first kappa shape index (κ1) is 9.71. The Balaban J connectivity index is 2.34. The lowest BCUT2D eigenvalue weighted by Crippen LogP contribution is -2.22. The molecule has 78 valence electrons. The van der Waals surface area contributed by atoms with Crippen molar-refractivity contribution in [2.45, 2.75) is 39.0 Å². The van der Waals surface area contributed by atoms with Crippen LogP contribution >= 0.6 is 0 Å². The van der Waals surface area contributed by atoms with E-state index in [0.29, 0.717) is 11.8 Å². The zero-order valence-corrected chi connectivity index (χ0v) is 8.92. The van der Waals surface area contributed by atoms with Gasteiger partial charge < -0.3 is 10.3 Å². The molecule has 0 saturated heterocycles. The van der Waals surface area contributed by atoms with Gasteiger partial charge in [-0.2, -0.15) is 0 Å². The SMILES string of the molecule is Cc1noc2c1C(C(C)CN)CCC2. The number of rotatable bonds is 2. The molecule has 2 unspecified atom stereocenters. The van der Waals surface area contributed by atoms with Crippen LogP contribution in [0.2, 0.25) is 0 Å². The van der Waals surface area contributed by atoms with Gasteiger partial charge >= 0.3 is 0 Å². The monoisotopic (exact) mass is 194 g/mol. The van der Waals surface area contributed by atoms with Crippen molar-refractivity contribution >= 4 is 0 Å². The molecule has 0 aromatic carbocycles. The number of nitrogens with two attached hydrogens (primary N) is 1. The molecule has 0 bridgehead atoms. The minimum Gasteiger partial charge on any atom is -0.361 e. The smallest absolute Gasteiger partial charge is 0.140 e. The number of fused-ring (bicyclic) bond motifs is 1. The van der Waals surface area contributed by atoms with E-state index >= 15 is 0 Å². The maximum absolute atomic E-state index is 5.73. The van der Waals surface area contributed by atoms with Crippen LogP contribution in [-0.4, -0.2) is 11.7 Å². The first-order chi connectivity index (χ1) is 6.74. The summed E-state index contributed by atoms with van der Waals surface area (Å²) in [6.45, 7) is 4.99. The highest BCUT2D eigenvalue weighted by Crippen LogP contribution is 2.38. The van der Waals surface area contributed by atoms with Crippen LogP contribution in [0.15, 0.2) is 4.52 Å². The highest BCUT2D eigenvalue weighted by molar-refractivity contribution is 5.29. The zero-order chi connectivity index (χ0) is 10.1. The Morgan fingerprint density at radius 3 is 3.14 bits per heavy atom. The van der Waals surface area contributed by atoms with Crippen LogP contribution < -0.4 is 5.73 Å². The van der Waals surface area contributed by atoms with Crippen LogP contribution in [0, 0.1) is 12.8 Å². The van der Waals surface area contributed by atoms with Gasteiger partial charge in [0.1, 0.15) is 5.76 Å². The summed E-state index contributed by atoms with van der Waals surface area (Å²) < 4.78 is 5.32. The highest BCUT2D eigenvalue weighted by atomic mass is 16.5. The fourth-order valence-corrected chi connectivity index (χ4v) is 2.44. The van der Waals surface area contributed by atoms with Crippen molar-refractivity contribution in [1.29, 1.82) is 0 Å². The largest absolute Gasteiger partial charge is 0.361 e. The van der Waals surface area contributed by atoms with Gasteiger partial charge in [0.2, 0.25) is 0 Å². The molecular formula is C11H18N2O. The molecule has 2 N–H and O–H groups in total. The third-order valence-corrected chi connectivity index (χ3v) is 3.33. The standard InChI is InChI=1S/C11H18N2O/c1-7(6-12)9-4-3-5-10-11(9)8(2)13-14-10/h7,9H,3-6,12H2,1-2H3. The number of aromatic nitrogens is 1. The summed E-state index contributed by atoms with van der Waals surface area (Å²) in [5.74, 6) is 2.20. The van der Waals surface area contributed by atoms with Gasteiger partial charge in [0, 0.05) is 12.0 Å². The Morgan fingerprint density at radius 2 is 2.43 bits per heavy atom. The second-order valence-electron chi connectivity index (χ2n) is 4.32. The van der Waals surface area contributed by atoms with Crippen molar-refractivity contribution in [2.24, 2.45) is 11.7 Å². The Labute approximate surface area is 84.7 Å². The predicted molar refractivity (Wildman–Crippen MR) is 55.1 cm³/mol. The Bertz CT molecular complexity index is 319. The topological polar surface area (TPSA) is 52.0 Å². The molecule has 1 aromatic rings. The molecule has 3 nitrogen and oxygen atoms in total. The molecule has 1 heterocycles. The second-order valence-corrected chi connectivity index (χ2v) is 4.32. The molecule has 0 spiro atoms. The Kier molecular flexibility index (Phi) is 2.59. The summed E-state index contributed by atoms with van der Waals surface area (Å²) in [4.78, 5) is 0. The van der Waals surface area contributed by atoms with Crippen molar-refractivity contribution < 1.29 is 4.52 Å². The summed E-state index contributed by atoms with van der Waals surface area (Å²) in [5, 5.41) is 4.05. The zero-order valence-electron chi connectivity index (χ0n) is 8.92. The van der Waals surface area contributed by atoms with E-state index in [1.54, 1.807) is 0 Å². The molecule has 0 fully saturated rings. The fraction of sp³-hybridized carbons (Fsp3) is 0.727. The van der Waals surface area contributed by atoms with E-state index in [-0.39, 0.29) is 0 Å². The predicted octanol–water partition coefficient (Wildman–Crippen LogP) is 2.00. The molecule has 1 aliphatic rings. The lowest BCUT2D eigenvalue weighted by molar-refractivity contribution is 0.344. The van der Waals surface area contributed by atoms with E-state index in [1.807, 2.05) is 6.92 Å². The van der Waals surface area contributed by atoms with Crippen LogP contribution in [0.25, 0.3) is 0 Å². The van der Waals surface area contributed by atoms with Gasteiger partial charge in [-0.1, -0.05) is 12.1 Å². The first-order valence-electron chi connectivity index (χ1n) is 5.39. The summed E-state index contributed by atoms with van der Waals surface area (Å²) in [6.07, 6.45) is 3.48. The van der Waals surface area contributed by atoms with E-state index < -0.39 is 0 Å². The molecule has 0 saturated carbocycles. The summed E-state index contributed by atoms with van der Waals surface area (Å²) >= 11 is 0. The molecule has 3 heteroatoms. The van der Waals surface area contributed by atoms with Crippen molar-refractivity contribution in [3.8, 4) is 0 Å². The number of nitrogens with zero attached hydrogens (tertiary/aromatic N) is 1. The van der Waals surface area contributed by atoms with Crippen molar-refractivity contribution in [1.82, 2.24) is 5.16 Å². The number of aryl methyl sites for hydroxylation is 2. The number of hydrogen-bond acceptors (Lipinski definition) is 3. The third kappa shape index (κ3) is 1.46. The maximum atomic E-state index is 5.73. The van der Waals surface area contributed by atoms with Gasteiger partial charge in [-0.15, -0.1) is 0 Å². The first-order valence-corrected chi connectivity index (χ1v) is 5.39. The molecule has 0 amide bonds. The van der Waals surface area contributed by atoms with Crippen LogP contribution in [0.4, 0.5) is 0 Å². The van der Waals surface area contributed by atoms with Gasteiger partial charge in [0.25, 0.3) is 0 Å². The van der Waals surface area contributed by atoms with Crippen molar-refractivity contribution in [3.05, 3.63) is 17.0 Å². The van der Waals surface area contributed by atoms with E-state index in [4.69, 9.17) is 10.3 Å². The van der Waals surface area contributed by atoms with Gasteiger partial charge in [-0.25, -0.2) is 0 Å². The summed E-state index contributed by atoms with van der Waals surface area (Å²) in [5.41, 5.74) is 8.13. The minimum atomic E-state index is 0.534. The maximum Gasteiger partial charge on any atom is 0.140 e. The van der Waals surface area contributed by atoms with Crippen LogP contribution in [0.5, 0.6) is 0 Å². The molecule has 2 rings (SSSR count). The Morgan fingerprint density at radius 1 is 1.64 bits per heavy atom. The van der Waals surface area contributed by atoms with Crippen LogP contribution in [-0.2, 0) is 6.42 Å². The molecule has 0 aliphatic heterocycles. The molecular weight excluding hydrogens is 176 g/mol.